The van der Waals surface area contributed by atoms with E-state index in [1.807, 2.05) is 11.0 Å². The molecule has 1 aliphatic heterocycles. The summed E-state index contributed by atoms with van der Waals surface area (Å²) in [6.45, 7) is 9.77. The summed E-state index contributed by atoms with van der Waals surface area (Å²) in [5.41, 5.74) is 8.42. The third kappa shape index (κ3) is 5.78. The molecule has 202 valence electrons. The fraction of sp³-hybridized carbons (Fsp3) is 0.286. The zero-order chi connectivity index (χ0) is 28.3. The van der Waals surface area contributed by atoms with E-state index in [2.05, 4.69) is 34.9 Å². The lowest BCUT2D eigenvalue weighted by molar-refractivity contribution is 0.216. The second-order valence-electron chi connectivity index (χ2n) is 9.54. The molecule has 0 radical (unpaired) electrons. The number of rotatable bonds is 10. The first kappa shape index (κ1) is 28.2. The summed E-state index contributed by atoms with van der Waals surface area (Å²) in [7, 11) is 1.50. The Morgan fingerprint density at radius 2 is 1.97 bits per heavy atom. The van der Waals surface area contributed by atoms with Gasteiger partial charge in [0.15, 0.2) is 11.5 Å². The van der Waals surface area contributed by atoms with E-state index in [9.17, 15) is 5.26 Å². The van der Waals surface area contributed by atoms with Crippen LogP contribution >= 0.6 is 23.2 Å². The van der Waals surface area contributed by atoms with Crippen LogP contribution in [0.5, 0.6) is 11.5 Å². The number of anilines is 2. The van der Waals surface area contributed by atoms with Crippen molar-refractivity contribution in [2.24, 2.45) is 0 Å². The van der Waals surface area contributed by atoms with Crippen LogP contribution in [0.25, 0.3) is 0 Å². The van der Waals surface area contributed by atoms with E-state index in [1.54, 1.807) is 31.3 Å². The van der Waals surface area contributed by atoms with Crippen LogP contribution in [0.1, 0.15) is 42.2 Å². The number of pyridine rings is 2. The molecule has 11 heteroatoms. The zero-order valence-corrected chi connectivity index (χ0v) is 23.4. The maximum Gasteiger partial charge on any atom is 0.162 e. The molecule has 1 aliphatic rings. The topological polar surface area (TPSA) is 133 Å². The van der Waals surface area contributed by atoms with Crippen molar-refractivity contribution < 1.29 is 9.47 Å². The standard InChI is InChI=1S/C28H29Cl2N7O2/c1-5-6-36-28(3)14-37(15-28)27-17(10-31)7-18(11-35-27)26(33)19-8-24(23(38-4)9-22(19)32)39-16(2)25-20(29)12-34-13-21(25)30/h5,7-9,11-13,16,33,36H,1,6,14-15,32H2,2-4H3/t16-/m1/s1. The number of hydrogen-bond acceptors (Lipinski definition) is 9. The van der Waals surface area contributed by atoms with E-state index in [0.29, 0.717) is 74.9 Å². The molecule has 0 aliphatic carbocycles. The van der Waals surface area contributed by atoms with Crippen molar-refractivity contribution in [2.45, 2.75) is 25.5 Å². The van der Waals surface area contributed by atoms with Crippen molar-refractivity contribution in [3.8, 4) is 17.6 Å². The summed E-state index contributed by atoms with van der Waals surface area (Å²) in [5, 5.41) is 22.9. The van der Waals surface area contributed by atoms with Gasteiger partial charge in [-0.3, -0.25) is 10.4 Å². The largest absolute Gasteiger partial charge is 0.493 e. The molecule has 1 aromatic carbocycles. The minimum atomic E-state index is -0.554. The maximum atomic E-state index is 9.85. The lowest BCUT2D eigenvalue weighted by Crippen LogP contribution is -2.68. The van der Waals surface area contributed by atoms with Gasteiger partial charge in [-0.25, -0.2) is 4.98 Å². The van der Waals surface area contributed by atoms with Gasteiger partial charge in [0.05, 0.1) is 34.0 Å². The number of methoxy groups -OCH3 is 1. The molecule has 2 aromatic heterocycles. The average molecular weight is 566 g/mol. The van der Waals surface area contributed by atoms with Crippen molar-refractivity contribution in [1.82, 2.24) is 15.3 Å². The molecule has 9 nitrogen and oxygen atoms in total. The van der Waals surface area contributed by atoms with Crippen molar-refractivity contribution in [2.75, 3.05) is 37.4 Å². The van der Waals surface area contributed by atoms with Gasteiger partial charge in [0.25, 0.3) is 0 Å². The number of nitrogens with two attached hydrogens (primary N) is 1. The number of nitriles is 1. The van der Waals surface area contributed by atoms with Crippen LogP contribution in [0.4, 0.5) is 11.5 Å². The van der Waals surface area contributed by atoms with Gasteiger partial charge in [0.2, 0.25) is 0 Å². The third-order valence-corrected chi connectivity index (χ3v) is 7.14. The minimum absolute atomic E-state index is 0.0796. The van der Waals surface area contributed by atoms with Gasteiger partial charge >= 0.3 is 0 Å². The molecule has 1 saturated heterocycles. The number of hydrogen-bond donors (Lipinski definition) is 3. The molecule has 3 aromatic rings. The van der Waals surface area contributed by atoms with Gasteiger partial charge in [0, 0.05) is 66.7 Å². The first-order chi connectivity index (χ1) is 18.6. The Morgan fingerprint density at radius 1 is 1.28 bits per heavy atom. The molecule has 4 rings (SSSR count). The molecule has 4 N–H and O–H groups in total. The molecular weight excluding hydrogens is 537 g/mol. The molecule has 0 unspecified atom stereocenters. The van der Waals surface area contributed by atoms with Gasteiger partial charge in [-0.2, -0.15) is 5.26 Å². The Kier molecular flexibility index (Phi) is 8.31. The van der Waals surface area contributed by atoms with Gasteiger partial charge < -0.3 is 25.4 Å². The molecule has 39 heavy (non-hydrogen) atoms. The van der Waals surface area contributed by atoms with Gasteiger partial charge in [-0.1, -0.05) is 29.3 Å². The highest BCUT2D eigenvalue weighted by Crippen LogP contribution is 2.39. The van der Waals surface area contributed by atoms with E-state index in [-0.39, 0.29) is 11.3 Å². The number of nitrogens with zero attached hydrogens (tertiary/aromatic N) is 4. The van der Waals surface area contributed by atoms with E-state index in [1.165, 1.54) is 19.5 Å². The Balaban J connectivity index is 1.61. The summed E-state index contributed by atoms with van der Waals surface area (Å²) in [6.07, 6.45) is 5.83. The second-order valence-corrected chi connectivity index (χ2v) is 10.3. The summed E-state index contributed by atoms with van der Waals surface area (Å²) < 4.78 is 11.6. The Hall–Kier alpha value is -3.84. The van der Waals surface area contributed by atoms with Crippen molar-refractivity contribution in [1.29, 1.82) is 10.7 Å². The van der Waals surface area contributed by atoms with E-state index < -0.39 is 6.10 Å². The fourth-order valence-corrected chi connectivity index (χ4v) is 5.24. The lowest BCUT2D eigenvalue weighted by Gasteiger charge is -2.49. The van der Waals surface area contributed by atoms with E-state index in [4.69, 9.17) is 43.8 Å². The highest BCUT2D eigenvalue weighted by molar-refractivity contribution is 6.35. The molecule has 0 bridgehead atoms. The number of halogens is 2. The summed E-state index contributed by atoms with van der Waals surface area (Å²) in [5.74, 6) is 1.31. The van der Waals surface area contributed by atoms with Crippen LogP contribution in [0.2, 0.25) is 10.0 Å². The Morgan fingerprint density at radius 3 is 2.59 bits per heavy atom. The lowest BCUT2D eigenvalue weighted by atomic mass is 9.91. The normalized spacial score (nSPS) is 14.6. The molecule has 3 heterocycles. The number of nitrogen functional groups attached to an aromatic ring is 1. The van der Waals surface area contributed by atoms with E-state index >= 15 is 0 Å². The smallest absolute Gasteiger partial charge is 0.162 e. The van der Waals surface area contributed by atoms with Gasteiger partial charge in [-0.05, 0) is 26.0 Å². The number of aromatic nitrogens is 2. The molecule has 1 atom stereocenters. The zero-order valence-electron chi connectivity index (χ0n) is 21.9. The second kappa shape index (κ2) is 11.5. The molecule has 1 fully saturated rings. The highest BCUT2D eigenvalue weighted by Gasteiger charge is 2.39. The molecule has 0 amide bonds. The van der Waals surface area contributed by atoms with E-state index in [0.717, 1.165) is 0 Å². The van der Waals surface area contributed by atoms with Crippen LogP contribution in [-0.4, -0.2) is 48.0 Å². The van der Waals surface area contributed by atoms with Crippen LogP contribution in [-0.2, 0) is 0 Å². The van der Waals surface area contributed by atoms with Crippen LogP contribution in [0, 0.1) is 16.7 Å². The summed E-state index contributed by atoms with van der Waals surface area (Å²) in [4.78, 5) is 10.6. The summed E-state index contributed by atoms with van der Waals surface area (Å²) >= 11 is 12.6. The minimum Gasteiger partial charge on any atom is -0.493 e. The van der Waals surface area contributed by atoms with Crippen LogP contribution in [0.3, 0.4) is 0 Å². The van der Waals surface area contributed by atoms with Crippen LogP contribution in [0.15, 0.2) is 49.4 Å². The molecule has 0 spiro atoms. The number of ether oxygens (including phenoxy) is 2. The molecular formula is C28H29Cl2N7O2. The monoisotopic (exact) mass is 565 g/mol. The third-order valence-electron chi connectivity index (χ3n) is 6.53. The Bertz CT molecular complexity index is 1440. The van der Waals surface area contributed by atoms with Crippen molar-refractivity contribution >= 4 is 40.4 Å². The summed E-state index contributed by atoms with van der Waals surface area (Å²) in [6, 6.07) is 7.09. The number of nitrogens with one attached hydrogen (secondary N) is 2. The van der Waals surface area contributed by atoms with Crippen molar-refractivity contribution in [3.63, 3.8) is 0 Å². The van der Waals surface area contributed by atoms with Crippen LogP contribution < -0.4 is 25.4 Å². The Labute approximate surface area is 237 Å². The van der Waals surface area contributed by atoms with Crippen molar-refractivity contribution in [3.05, 3.63) is 81.7 Å². The maximum absolute atomic E-state index is 9.85. The first-order valence-corrected chi connectivity index (χ1v) is 12.9. The predicted octanol–water partition coefficient (Wildman–Crippen LogP) is 5.16. The first-order valence-electron chi connectivity index (χ1n) is 12.1. The van der Waals surface area contributed by atoms with Gasteiger partial charge in [-0.15, -0.1) is 6.58 Å². The predicted molar refractivity (Wildman–Crippen MR) is 154 cm³/mol. The SMILES string of the molecule is C=CCNC1(C)CN(c2ncc(C(=N)c3cc(O[C@H](C)c4c(Cl)cncc4Cl)c(OC)cc3N)cc2C#N)C1. The quantitative estimate of drug-likeness (QED) is 0.174. The number of benzene rings is 1. The van der Waals surface area contributed by atoms with Gasteiger partial charge in [0.1, 0.15) is 18.0 Å². The highest BCUT2D eigenvalue weighted by atomic mass is 35.5. The molecule has 0 saturated carbocycles. The fourth-order valence-electron chi connectivity index (χ4n) is 4.56. The average Bonchev–Trinajstić information content (AvgIpc) is 2.90.